The Bertz CT molecular complexity index is 648. The normalized spacial score (nSPS) is 20.1. The molecule has 6 nitrogen and oxygen atoms in total. The molecule has 1 N–H and O–H groups in total. The van der Waals surface area contributed by atoms with E-state index in [1.54, 1.807) is 6.07 Å². The second-order valence-electron chi connectivity index (χ2n) is 5.46. The minimum Gasteiger partial charge on any atom is -0.325 e. The van der Waals surface area contributed by atoms with Crippen molar-refractivity contribution in [1.29, 1.82) is 0 Å². The molecule has 1 aromatic rings. The van der Waals surface area contributed by atoms with E-state index < -0.39 is 10.2 Å². The first-order chi connectivity index (χ1) is 10.3. The van der Waals surface area contributed by atoms with Crippen molar-refractivity contribution in [2.24, 2.45) is 5.92 Å². The van der Waals surface area contributed by atoms with E-state index in [-0.39, 0.29) is 18.4 Å². The highest BCUT2D eigenvalue weighted by Gasteiger charge is 2.33. The van der Waals surface area contributed by atoms with Crippen molar-refractivity contribution in [2.75, 3.05) is 32.5 Å². The first-order valence-electron chi connectivity index (χ1n) is 7.05. The third-order valence-electron chi connectivity index (χ3n) is 3.67. The Morgan fingerprint density at radius 3 is 2.68 bits per heavy atom. The highest BCUT2D eigenvalue weighted by molar-refractivity contribution is 9.10. The highest BCUT2D eigenvalue weighted by atomic mass is 79.9. The first kappa shape index (κ1) is 17.4. The van der Waals surface area contributed by atoms with Gasteiger partial charge < -0.3 is 5.32 Å². The van der Waals surface area contributed by atoms with Crippen molar-refractivity contribution >= 4 is 37.7 Å². The third-order valence-corrected chi connectivity index (χ3v) is 6.27. The van der Waals surface area contributed by atoms with E-state index in [0.717, 1.165) is 4.47 Å². The quantitative estimate of drug-likeness (QED) is 0.854. The summed E-state index contributed by atoms with van der Waals surface area (Å²) in [6, 6.07) is 7.36. The standard InChI is InChI=1S/C14H20BrN3O3S/c1-17(2)22(20,21)18-9-5-6-11(10-18)14(19)16-13-8-4-3-7-12(13)15/h3-4,7-8,11H,5-6,9-10H2,1-2H3,(H,16,19)/t11-/m1/s1. The van der Waals surface area contributed by atoms with E-state index in [1.807, 2.05) is 18.2 Å². The van der Waals surface area contributed by atoms with Gasteiger partial charge in [0.25, 0.3) is 10.2 Å². The summed E-state index contributed by atoms with van der Waals surface area (Å²) in [6.45, 7) is 0.677. The van der Waals surface area contributed by atoms with Crippen LogP contribution in [0.15, 0.2) is 28.7 Å². The number of halogens is 1. The zero-order chi connectivity index (χ0) is 16.3. The minimum atomic E-state index is -3.47. The topological polar surface area (TPSA) is 69.7 Å². The summed E-state index contributed by atoms with van der Waals surface area (Å²) in [5.74, 6) is -0.485. The Morgan fingerprint density at radius 2 is 2.05 bits per heavy atom. The SMILES string of the molecule is CN(C)S(=O)(=O)N1CCC[C@@H](C(=O)Nc2ccccc2Br)C1. The highest BCUT2D eigenvalue weighted by Crippen LogP contribution is 2.25. The maximum Gasteiger partial charge on any atom is 0.281 e. The molecule has 8 heteroatoms. The number of carbonyl (C=O) groups excluding carboxylic acids is 1. The Labute approximate surface area is 139 Å². The average molecular weight is 390 g/mol. The fourth-order valence-electron chi connectivity index (χ4n) is 2.39. The molecular weight excluding hydrogens is 370 g/mol. The van der Waals surface area contributed by atoms with Gasteiger partial charge in [-0.1, -0.05) is 12.1 Å². The van der Waals surface area contributed by atoms with Crippen molar-refractivity contribution in [3.8, 4) is 0 Å². The lowest BCUT2D eigenvalue weighted by atomic mass is 9.99. The fraction of sp³-hybridized carbons (Fsp3) is 0.500. The molecule has 0 spiro atoms. The molecule has 1 aromatic carbocycles. The Balaban J connectivity index is 2.06. The lowest BCUT2D eigenvalue weighted by molar-refractivity contribution is -0.120. The lowest BCUT2D eigenvalue weighted by Gasteiger charge is -2.32. The van der Waals surface area contributed by atoms with E-state index in [1.165, 1.54) is 22.7 Å². The van der Waals surface area contributed by atoms with Gasteiger partial charge in [0.2, 0.25) is 5.91 Å². The second-order valence-corrected chi connectivity index (χ2v) is 8.45. The van der Waals surface area contributed by atoms with Crippen LogP contribution >= 0.6 is 15.9 Å². The van der Waals surface area contributed by atoms with Crippen molar-refractivity contribution in [3.63, 3.8) is 0 Å². The Hall–Kier alpha value is -0.960. The number of rotatable bonds is 4. The number of piperidine rings is 1. The molecule has 1 atom stereocenters. The van der Waals surface area contributed by atoms with Gasteiger partial charge in [-0.25, -0.2) is 0 Å². The van der Waals surface area contributed by atoms with Crippen LogP contribution in [0.2, 0.25) is 0 Å². The molecule has 0 bridgehead atoms. The summed E-state index contributed by atoms with van der Waals surface area (Å²) in [7, 11) is -0.470. The van der Waals surface area contributed by atoms with E-state index in [2.05, 4.69) is 21.2 Å². The van der Waals surface area contributed by atoms with Crippen LogP contribution in [0, 0.1) is 5.92 Å². The van der Waals surface area contributed by atoms with Gasteiger partial charge in [0, 0.05) is 31.7 Å². The van der Waals surface area contributed by atoms with Crippen molar-refractivity contribution in [2.45, 2.75) is 12.8 Å². The molecule has 1 amide bonds. The van der Waals surface area contributed by atoms with Crippen molar-refractivity contribution in [3.05, 3.63) is 28.7 Å². The molecule has 22 heavy (non-hydrogen) atoms. The van der Waals surface area contributed by atoms with Crippen molar-refractivity contribution < 1.29 is 13.2 Å². The van der Waals surface area contributed by atoms with Gasteiger partial charge in [0.15, 0.2) is 0 Å². The second kappa shape index (κ2) is 7.08. The molecule has 1 aliphatic rings. The number of para-hydroxylation sites is 1. The predicted octanol–water partition coefficient (Wildman–Crippen LogP) is 1.91. The number of anilines is 1. The fourth-order valence-corrected chi connectivity index (χ4v) is 3.97. The molecule has 0 aromatic heterocycles. The Morgan fingerprint density at radius 1 is 1.36 bits per heavy atom. The molecule has 0 aliphatic carbocycles. The first-order valence-corrected chi connectivity index (χ1v) is 9.24. The van der Waals surface area contributed by atoms with Gasteiger partial charge in [-0.2, -0.15) is 17.0 Å². The van der Waals surface area contributed by atoms with Crippen LogP contribution in [0.25, 0.3) is 0 Å². The smallest absolute Gasteiger partial charge is 0.281 e. The van der Waals surface area contributed by atoms with Gasteiger partial charge in [-0.15, -0.1) is 0 Å². The zero-order valence-electron chi connectivity index (χ0n) is 12.6. The van der Waals surface area contributed by atoms with Gasteiger partial charge in [0.05, 0.1) is 11.6 Å². The molecule has 0 radical (unpaired) electrons. The molecule has 1 heterocycles. The van der Waals surface area contributed by atoms with Crippen LogP contribution in [0.4, 0.5) is 5.69 Å². The van der Waals surface area contributed by atoms with Crippen LogP contribution in [-0.4, -0.2) is 50.1 Å². The molecular formula is C14H20BrN3O3S. The van der Waals surface area contributed by atoms with Crippen LogP contribution < -0.4 is 5.32 Å². The molecule has 1 aliphatic heterocycles. The molecule has 122 valence electrons. The van der Waals surface area contributed by atoms with Crippen molar-refractivity contribution in [1.82, 2.24) is 8.61 Å². The van der Waals surface area contributed by atoms with Gasteiger partial charge in [0.1, 0.15) is 0 Å². The summed E-state index contributed by atoms with van der Waals surface area (Å²) >= 11 is 3.38. The van der Waals surface area contributed by atoms with E-state index in [9.17, 15) is 13.2 Å². The lowest BCUT2D eigenvalue weighted by Crippen LogP contribution is -2.47. The number of hydrogen-bond donors (Lipinski definition) is 1. The van der Waals surface area contributed by atoms with Crippen LogP contribution in [0.3, 0.4) is 0 Å². The predicted molar refractivity (Wildman–Crippen MR) is 89.7 cm³/mol. The van der Waals surface area contributed by atoms with Gasteiger partial charge >= 0.3 is 0 Å². The number of nitrogens with one attached hydrogen (secondary N) is 1. The maximum atomic E-state index is 12.4. The number of benzene rings is 1. The number of carbonyl (C=O) groups is 1. The van der Waals surface area contributed by atoms with E-state index in [0.29, 0.717) is 25.1 Å². The third kappa shape index (κ3) is 3.87. The average Bonchev–Trinajstić information content (AvgIpc) is 2.49. The summed E-state index contributed by atoms with van der Waals surface area (Å²) in [4.78, 5) is 12.4. The van der Waals surface area contributed by atoms with Crippen LogP contribution in [0.5, 0.6) is 0 Å². The number of nitrogens with zero attached hydrogens (tertiary/aromatic N) is 2. The summed E-state index contributed by atoms with van der Waals surface area (Å²) in [6.07, 6.45) is 1.37. The molecule has 1 fully saturated rings. The maximum absolute atomic E-state index is 12.4. The van der Waals surface area contributed by atoms with E-state index in [4.69, 9.17) is 0 Å². The molecule has 1 saturated heterocycles. The monoisotopic (exact) mass is 389 g/mol. The summed E-state index contributed by atoms with van der Waals surface area (Å²) < 4.78 is 27.7. The summed E-state index contributed by atoms with van der Waals surface area (Å²) in [5.41, 5.74) is 0.695. The van der Waals surface area contributed by atoms with Gasteiger partial charge in [-0.3, -0.25) is 4.79 Å². The van der Waals surface area contributed by atoms with Crippen LogP contribution in [-0.2, 0) is 15.0 Å². The minimum absolute atomic E-state index is 0.148. The van der Waals surface area contributed by atoms with E-state index >= 15 is 0 Å². The largest absolute Gasteiger partial charge is 0.325 e. The Kier molecular flexibility index (Phi) is 5.60. The van der Waals surface area contributed by atoms with Crippen LogP contribution in [0.1, 0.15) is 12.8 Å². The zero-order valence-corrected chi connectivity index (χ0v) is 15.0. The molecule has 0 saturated carbocycles. The molecule has 0 unspecified atom stereocenters. The summed E-state index contributed by atoms with van der Waals surface area (Å²) in [5, 5.41) is 2.86. The van der Waals surface area contributed by atoms with Gasteiger partial charge in [-0.05, 0) is 40.9 Å². The number of amides is 1. The molecule has 2 rings (SSSR count). The number of hydrogen-bond acceptors (Lipinski definition) is 3.